The maximum Gasteiger partial charge on any atom is 0.269 e. The number of ether oxygens (including phenoxy) is 1. The van der Waals surface area contributed by atoms with Crippen molar-refractivity contribution in [3.8, 4) is 11.4 Å². The number of thioether (sulfide) groups is 1. The summed E-state index contributed by atoms with van der Waals surface area (Å²) >= 11 is 1.19. The van der Waals surface area contributed by atoms with Crippen LogP contribution >= 0.6 is 11.8 Å². The maximum absolute atomic E-state index is 12.3. The van der Waals surface area contributed by atoms with Crippen molar-refractivity contribution in [3.63, 3.8) is 0 Å². The normalized spacial score (nSPS) is 10.6. The highest BCUT2D eigenvalue weighted by Crippen LogP contribution is 2.22. The second kappa shape index (κ2) is 8.41. The van der Waals surface area contributed by atoms with Crippen LogP contribution in [-0.4, -0.2) is 43.3 Å². The largest absolute Gasteiger partial charge is 0.494 e. The number of non-ortho nitro benzene ring substituents is 1. The van der Waals surface area contributed by atoms with E-state index < -0.39 is 4.92 Å². The molecule has 0 atom stereocenters. The first-order valence-electron chi connectivity index (χ1n) is 8.00. The minimum Gasteiger partial charge on any atom is -0.494 e. The molecule has 0 saturated heterocycles. The first-order valence-corrected chi connectivity index (χ1v) is 8.99. The number of rotatable bonds is 8. The van der Waals surface area contributed by atoms with Crippen LogP contribution in [0.15, 0.2) is 53.7 Å². The monoisotopic (exact) mass is 385 g/mol. The van der Waals surface area contributed by atoms with Crippen molar-refractivity contribution in [1.82, 2.24) is 20.2 Å². The summed E-state index contributed by atoms with van der Waals surface area (Å²) < 4.78 is 6.94. The van der Waals surface area contributed by atoms with Crippen LogP contribution in [-0.2, 0) is 0 Å². The molecule has 0 fully saturated rings. The molecule has 3 aromatic rings. The Morgan fingerprint density at radius 1 is 1.19 bits per heavy atom. The molecule has 0 N–H and O–H groups in total. The van der Waals surface area contributed by atoms with Crippen molar-refractivity contribution in [1.29, 1.82) is 0 Å². The fourth-order valence-corrected chi connectivity index (χ4v) is 3.05. The lowest BCUT2D eigenvalue weighted by molar-refractivity contribution is -0.384. The zero-order valence-electron chi connectivity index (χ0n) is 14.3. The van der Waals surface area contributed by atoms with Crippen LogP contribution in [0.2, 0.25) is 0 Å². The average Bonchev–Trinajstić information content (AvgIpc) is 3.15. The Hall–Kier alpha value is -3.27. The molecule has 0 amide bonds. The third-order valence-corrected chi connectivity index (χ3v) is 4.48. The van der Waals surface area contributed by atoms with Crippen molar-refractivity contribution >= 4 is 23.2 Å². The summed E-state index contributed by atoms with van der Waals surface area (Å²) in [7, 11) is 0. The highest BCUT2D eigenvalue weighted by molar-refractivity contribution is 7.99. The summed E-state index contributed by atoms with van der Waals surface area (Å²) in [4.78, 5) is 22.5. The van der Waals surface area contributed by atoms with Gasteiger partial charge in [-0.15, -0.1) is 5.10 Å². The molecule has 1 aromatic heterocycles. The predicted octanol–water partition coefficient (Wildman–Crippen LogP) is 2.94. The Bertz CT molecular complexity index is 941. The van der Waals surface area contributed by atoms with Crippen LogP contribution in [0.1, 0.15) is 17.3 Å². The molecular weight excluding hydrogens is 370 g/mol. The number of hydrogen-bond donors (Lipinski definition) is 0. The molecule has 138 valence electrons. The molecular formula is C17H15N5O4S. The van der Waals surface area contributed by atoms with E-state index in [4.69, 9.17) is 4.74 Å². The van der Waals surface area contributed by atoms with Crippen LogP contribution < -0.4 is 4.74 Å². The number of nitrogens with zero attached hydrogens (tertiary/aromatic N) is 5. The van der Waals surface area contributed by atoms with E-state index in [1.54, 1.807) is 0 Å². The molecule has 0 aliphatic rings. The summed E-state index contributed by atoms with van der Waals surface area (Å²) in [6.07, 6.45) is 0. The van der Waals surface area contributed by atoms with Gasteiger partial charge in [0.1, 0.15) is 5.75 Å². The third-order valence-electron chi connectivity index (χ3n) is 3.57. The topological polar surface area (TPSA) is 113 Å². The fraction of sp³-hybridized carbons (Fsp3) is 0.176. The average molecular weight is 385 g/mol. The Labute approximate surface area is 158 Å². The summed E-state index contributed by atoms with van der Waals surface area (Å²) in [5, 5.41) is 22.7. The number of nitro benzene ring substituents is 1. The molecule has 1 heterocycles. The molecule has 0 unspecified atom stereocenters. The first-order chi connectivity index (χ1) is 13.1. The van der Waals surface area contributed by atoms with Gasteiger partial charge in [-0.2, -0.15) is 4.68 Å². The summed E-state index contributed by atoms with van der Waals surface area (Å²) in [6.45, 7) is 2.49. The molecule has 27 heavy (non-hydrogen) atoms. The van der Waals surface area contributed by atoms with Gasteiger partial charge in [-0.1, -0.05) is 11.8 Å². The number of benzene rings is 2. The van der Waals surface area contributed by atoms with Crippen LogP contribution in [0.5, 0.6) is 5.75 Å². The number of carbonyl (C=O) groups excluding carboxylic acids is 1. The van der Waals surface area contributed by atoms with Gasteiger partial charge in [-0.25, -0.2) is 0 Å². The molecule has 0 aliphatic heterocycles. The van der Waals surface area contributed by atoms with Crippen molar-refractivity contribution in [2.45, 2.75) is 12.1 Å². The number of ketones is 1. The van der Waals surface area contributed by atoms with Gasteiger partial charge in [-0.05, 0) is 53.7 Å². The van der Waals surface area contributed by atoms with E-state index in [-0.39, 0.29) is 17.2 Å². The lowest BCUT2D eigenvalue weighted by Crippen LogP contribution is -2.05. The quantitative estimate of drug-likeness (QED) is 0.252. The standard InChI is InChI=1S/C17H15N5O4S/c1-2-26-15-9-7-13(8-10-15)21-17(18-19-20-21)27-11-16(23)12-3-5-14(6-4-12)22(24)25/h3-10H,2,11H2,1H3. The Balaban J connectivity index is 1.67. The summed E-state index contributed by atoms with van der Waals surface area (Å²) in [5.74, 6) is 0.683. The molecule has 0 spiro atoms. The Kier molecular flexibility index (Phi) is 5.77. The number of aromatic nitrogens is 4. The van der Waals surface area contributed by atoms with Crippen molar-refractivity contribution in [2.75, 3.05) is 12.4 Å². The van der Waals surface area contributed by atoms with Crippen LogP contribution in [0.3, 0.4) is 0 Å². The van der Waals surface area contributed by atoms with Crippen LogP contribution in [0, 0.1) is 10.1 Å². The minimum atomic E-state index is -0.506. The maximum atomic E-state index is 12.3. The van der Waals surface area contributed by atoms with E-state index in [1.165, 1.54) is 40.7 Å². The fourth-order valence-electron chi connectivity index (χ4n) is 2.26. The lowest BCUT2D eigenvalue weighted by Gasteiger charge is -2.06. The molecule has 0 bridgehead atoms. The first kappa shape index (κ1) is 18.5. The molecule has 9 nitrogen and oxygen atoms in total. The predicted molar refractivity (Wildman–Crippen MR) is 98.5 cm³/mol. The number of nitro groups is 1. The van der Waals surface area contributed by atoms with Gasteiger partial charge in [0.2, 0.25) is 5.16 Å². The zero-order chi connectivity index (χ0) is 19.2. The Morgan fingerprint density at radius 2 is 1.89 bits per heavy atom. The SMILES string of the molecule is CCOc1ccc(-n2nnnc2SCC(=O)c2ccc([N+](=O)[O-])cc2)cc1. The second-order valence-corrected chi connectivity index (χ2v) is 6.26. The van der Waals surface area contributed by atoms with Crippen molar-refractivity contribution in [2.24, 2.45) is 0 Å². The van der Waals surface area contributed by atoms with Gasteiger partial charge in [0.15, 0.2) is 5.78 Å². The molecule has 0 radical (unpaired) electrons. The molecule has 0 aliphatic carbocycles. The van der Waals surface area contributed by atoms with Gasteiger partial charge in [0.05, 0.1) is 23.0 Å². The number of tetrazole rings is 1. The van der Waals surface area contributed by atoms with E-state index in [2.05, 4.69) is 15.5 Å². The zero-order valence-corrected chi connectivity index (χ0v) is 15.1. The molecule has 3 rings (SSSR count). The highest BCUT2D eigenvalue weighted by atomic mass is 32.2. The second-order valence-electron chi connectivity index (χ2n) is 5.32. The van der Waals surface area contributed by atoms with E-state index in [1.807, 2.05) is 31.2 Å². The van der Waals surface area contributed by atoms with Crippen molar-refractivity contribution < 1.29 is 14.5 Å². The van der Waals surface area contributed by atoms with Gasteiger partial charge < -0.3 is 4.74 Å². The van der Waals surface area contributed by atoms with Gasteiger partial charge in [-0.3, -0.25) is 14.9 Å². The van der Waals surface area contributed by atoms with E-state index >= 15 is 0 Å². The smallest absolute Gasteiger partial charge is 0.269 e. The summed E-state index contributed by atoms with van der Waals surface area (Å²) in [5.41, 5.74) is 1.08. The van der Waals surface area contributed by atoms with Gasteiger partial charge in [0, 0.05) is 17.7 Å². The lowest BCUT2D eigenvalue weighted by atomic mass is 10.1. The van der Waals surface area contributed by atoms with E-state index in [0.717, 1.165) is 11.4 Å². The van der Waals surface area contributed by atoms with Gasteiger partial charge in [0.25, 0.3) is 5.69 Å². The number of Topliss-reactive ketones (excluding diaryl/α,β-unsaturated/α-hetero) is 1. The summed E-state index contributed by atoms with van der Waals surface area (Å²) in [6, 6.07) is 12.8. The van der Waals surface area contributed by atoms with E-state index in [9.17, 15) is 14.9 Å². The third kappa shape index (κ3) is 4.47. The number of carbonyl (C=O) groups is 1. The van der Waals surface area contributed by atoms with Crippen molar-refractivity contribution in [3.05, 3.63) is 64.2 Å². The highest BCUT2D eigenvalue weighted by Gasteiger charge is 2.14. The number of hydrogen-bond acceptors (Lipinski definition) is 8. The molecule has 0 saturated carbocycles. The van der Waals surface area contributed by atoms with Crippen LogP contribution in [0.4, 0.5) is 5.69 Å². The Morgan fingerprint density at radius 3 is 2.52 bits per heavy atom. The van der Waals surface area contributed by atoms with Gasteiger partial charge >= 0.3 is 0 Å². The van der Waals surface area contributed by atoms with E-state index in [0.29, 0.717) is 17.3 Å². The molecule has 2 aromatic carbocycles. The molecule has 10 heteroatoms. The van der Waals surface area contributed by atoms with Crippen LogP contribution in [0.25, 0.3) is 5.69 Å². The minimum absolute atomic E-state index is 0.0568.